The molecule has 10 rings (SSSR count). The van der Waals surface area contributed by atoms with Gasteiger partial charge in [0.25, 0.3) is 0 Å². The van der Waals surface area contributed by atoms with E-state index in [2.05, 4.69) is 218 Å². The lowest BCUT2D eigenvalue weighted by Crippen LogP contribution is -2.18. The molecule has 0 atom stereocenters. The second kappa shape index (κ2) is 12.7. The number of rotatable bonds is 7. The maximum Gasteiger partial charge on any atom is 0.145 e. The fourth-order valence-corrected chi connectivity index (χ4v) is 8.47. The van der Waals surface area contributed by atoms with Gasteiger partial charge < -0.3 is 14.2 Å². The first-order valence-corrected chi connectivity index (χ1v) is 18.6. The molecule has 0 bridgehead atoms. The van der Waals surface area contributed by atoms with Crippen LogP contribution in [0.3, 0.4) is 0 Å². The number of fused-ring (bicyclic) bond motifs is 7. The van der Waals surface area contributed by atoms with Crippen LogP contribution < -0.4 is 9.80 Å². The van der Waals surface area contributed by atoms with Crippen LogP contribution in [0, 0.1) is 0 Å². The highest BCUT2D eigenvalue weighted by molar-refractivity contribution is 6.21. The molecule has 3 nitrogen and oxygen atoms in total. The summed E-state index contributed by atoms with van der Waals surface area (Å²) in [4.78, 5) is 4.74. The van der Waals surface area contributed by atoms with Crippen LogP contribution in [0.1, 0.15) is 25.0 Å². The normalized spacial score (nSPS) is 12.8. The molecule has 54 heavy (non-hydrogen) atoms. The minimum Gasteiger partial charge on any atom is -0.455 e. The number of hydrogen-bond donors (Lipinski definition) is 0. The number of furan rings is 1. The van der Waals surface area contributed by atoms with Gasteiger partial charge in [-0.15, -0.1) is 0 Å². The van der Waals surface area contributed by atoms with Crippen molar-refractivity contribution in [1.29, 1.82) is 0 Å². The summed E-state index contributed by atoms with van der Waals surface area (Å²) in [5.74, 6) is 0. The molecule has 8 aromatic carbocycles. The van der Waals surface area contributed by atoms with Gasteiger partial charge in [-0.3, -0.25) is 0 Å². The van der Waals surface area contributed by atoms with Gasteiger partial charge in [0.1, 0.15) is 11.2 Å². The van der Waals surface area contributed by atoms with Crippen molar-refractivity contribution in [1.82, 2.24) is 0 Å². The average molecular weight is 695 g/mol. The highest BCUT2D eigenvalue weighted by atomic mass is 16.3. The Bertz CT molecular complexity index is 2690. The van der Waals surface area contributed by atoms with Crippen LogP contribution in [0.15, 0.2) is 199 Å². The molecule has 0 fully saturated rings. The third kappa shape index (κ3) is 5.04. The third-order valence-corrected chi connectivity index (χ3v) is 11.0. The topological polar surface area (TPSA) is 19.6 Å². The highest BCUT2D eigenvalue weighted by Gasteiger charge is 2.40. The van der Waals surface area contributed by atoms with Crippen LogP contribution in [0.25, 0.3) is 44.2 Å². The fraction of sp³-hybridized carbons (Fsp3) is 0.0588. The molecule has 0 amide bonds. The lowest BCUT2D eigenvalue weighted by molar-refractivity contribution is 0.653. The Hall–Kier alpha value is -6.84. The zero-order valence-electron chi connectivity index (χ0n) is 30.3. The maximum absolute atomic E-state index is 7.27. The van der Waals surface area contributed by atoms with Crippen molar-refractivity contribution in [3.8, 4) is 22.3 Å². The van der Waals surface area contributed by atoms with Crippen LogP contribution in [-0.4, -0.2) is 0 Å². The van der Waals surface area contributed by atoms with Crippen LogP contribution in [0.4, 0.5) is 34.1 Å². The van der Waals surface area contributed by atoms with Gasteiger partial charge in [-0.25, -0.2) is 0 Å². The molecule has 0 spiro atoms. The molecular weight excluding hydrogens is 657 g/mol. The highest BCUT2D eigenvalue weighted by Crippen LogP contribution is 2.57. The van der Waals surface area contributed by atoms with E-state index in [9.17, 15) is 0 Å². The Morgan fingerprint density at radius 2 is 0.926 bits per heavy atom. The van der Waals surface area contributed by atoms with Crippen LogP contribution in [0.2, 0.25) is 0 Å². The lowest BCUT2D eigenvalue weighted by Gasteiger charge is -2.29. The molecule has 3 heteroatoms. The van der Waals surface area contributed by atoms with Gasteiger partial charge in [0.2, 0.25) is 0 Å². The summed E-state index contributed by atoms with van der Waals surface area (Å²) < 4.78 is 7.27. The molecule has 0 radical (unpaired) electrons. The Labute approximate surface area is 316 Å². The lowest BCUT2D eigenvalue weighted by atomic mass is 9.81. The zero-order valence-corrected chi connectivity index (χ0v) is 30.3. The largest absolute Gasteiger partial charge is 0.455 e. The van der Waals surface area contributed by atoms with Crippen molar-refractivity contribution in [2.24, 2.45) is 0 Å². The SMILES string of the molecule is CC1(C)c2cc(N(c3ccccc3)c3ccccc3)ccc2-c2c1cc(N(c1ccccc1)c1ccccc1)c1c2oc2c(-c3ccccc3)cccc21. The summed E-state index contributed by atoms with van der Waals surface area (Å²) in [5, 5.41) is 2.21. The quantitative estimate of drug-likeness (QED) is 0.166. The van der Waals surface area contributed by atoms with Crippen molar-refractivity contribution < 1.29 is 4.42 Å². The summed E-state index contributed by atoms with van der Waals surface area (Å²) >= 11 is 0. The third-order valence-electron chi connectivity index (χ3n) is 11.0. The van der Waals surface area contributed by atoms with E-state index >= 15 is 0 Å². The van der Waals surface area contributed by atoms with Crippen molar-refractivity contribution in [2.75, 3.05) is 9.80 Å². The van der Waals surface area contributed by atoms with Crippen LogP contribution in [-0.2, 0) is 5.41 Å². The predicted molar refractivity (Wildman–Crippen MR) is 226 cm³/mol. The van der Waals surface area contributed by atoms with Gasteiger partial charge in [0.15, 0.2) is 0 Å². The van der Waals surface area contributed by atoms with E-state index in [1.54, 1.807) is 0 Å². The number of hydrogen-bond acceptors (Lipinski definition) is 3. The van der Waals surface area contributed by atoms with Crippen LogP contribution in [0.5, 0.6) is 0 Å². The molecule has 258 valence electrons. The van der Waals surface area contributed by atoms with E-state index in [0.717, 1.165) is 67.2 Å². The van der Waals surface area contributed by atoms with Crippen LogP contribution >= 0.6 is 0 Å². The van der Waals surface area contributed by atoms with E-state index in [0.29, 0.717) is 0 Å². The molecule has 9 aromatic rings. The van der Waals surface area contributed by atoms with Crippen molar-refractivity contribution in [3.05, 3.63) is 205 Å². The minimum atomic E-state index is -0.330. The summed E-state index contributed by atoms with van der Waals surface area (Å²) in [5.41, 5.74) is 15.3. The predicted octanol–water partition coefficient (Wildman–Crippen LogP) is 14.5. The van der Waals surface area contributed by atoms with Gasteiger partial charge in [0, 0.05) is 50.4 Å². The average Bonchev–Trinajstić information content (AvgIpc) is 3.73. The molecule has 0 N–H and O–H groups in total. The molecule has 0 saturated carbocycles. The van der Waals surface area contributed by atoms with Crippen molar-refractivity contribution in [2.45, 2.75) is 19.3 Å². The first kappa shape index (κ1) is 31.9. The molecule has 0 unspecified atom stereocenters. The number of benzene rings is 8. The smallest absolute Gasteiger partial charge is 0.145 e. The van der Waals surface area contributed by atoms with Gasteiger partial charge in [-0.2, -0.15) is 0 Å². The number of para-hydroxylation sites is 5. The summed E-state index contributed by atoms with van der Waals surface area (Å²) in [7, 11) is 0. The van der Waals surface area contributed by atoms with Gasteiger partial charge >= 0.3 is 0 Å². The first-order valence-electron chi connectivity index (χ1n) is 18.6. The second-order valence-corrected chi connectivity index (χ2v) is 14.5. The molecule has 1 aromatic heterocycles. The Morgan fingerprint density at radius 1 is 0.407 bits per heavy atom. The Balaban J connectivity index is 1.27. The van der Waals surface area contributed by atoms with Gasteiger partial charge in [-0.05, 0) is 89.0 Å². The first-order chi connectivity index (χ1) is 26.6. The molecule has 1 aliphatic carbocycles. The Morgan fingerprint density at radius 3 is 1.48 bits per heavy atom. The molecular formula is C51H38N2O. The van der Waals surface area contributed by atoms with Gasteiger partial charge in [0.05, 0.1) is 11.1 Å². The summed E-state index contributed by atoms with van der Waals surface area (Å²) in [6.45, 7) is 4.72. The van der Waals surface area contributed by atoms with Gasteiger partial charge in [-0.1, -0.05) is 141 Å². The van der Waals surface area contributed by atoms with E-state index in [1.807, 2.05) is 0 Å². The van der Waals surface area contributed by atoms with Crippen molar-refractivity contribution >= 4 is 56.1 Å². The minimum absolute atomic E-state index is 0.330. The van der Waals surface area contributed by atoms with Crippen molar-refractivity contribution in [3.63, 3.8) is 0 Å². The second-order valence-electron chi connectivity index (χ2n) is 14.5. The Kier molecular flexibility index (Phi) is 7.48. The summed E-state index contributed by atoms with van der Waals surface area (Å²) in [6, 6.07) is 69.2. The van der Waals surface area contributed by atoms with E-state index in [4.69, 9.17) is 4.42 Å². The van der Waals surface area contributed by atoms with E-state index < -0.39 is 0 Å². The standard InChI is InChI=1S/C51H38N2O/c1-51(2)44-33-40(52(36-21-10-4-11-22-36)37-23-12-5-13-24-37)31-32-42(44)47-45(51)34-46(53(38-25-14-6-15-26-38)39-27-16-7-17-28-39)48-43-30-18-29-41(49(43)54-50(47)48)35-19-8-3-9-20-35/h3-34H,1-2H3. The molecule has 1 aliphatic rings. The van der Waals surface area contributed by atoms with E-state index in [1.165, 1.54) is 22.3 Å². The number of anilines is 6. The molecule has 0 saturated heterocycles. The summed E-state index contributed by atoms with van der Waals surface area (Å²) in [6.07, 6.45) is 0. The monoisotopic (exact) mass is 694 g/mol. The zero-order chi connectivity index (χ0) is 36.2. The fourth-order valence-electron chi connectivity index (χ4n) is 8.47. The van der Waals surface area contributed by atoms with E-state index in [-0.39, 0.29) is 5.41 Å². The molecule has 1 heterocycles. The molecule has 0 aliphatic heterocycles. The maximum atomic E-state index is 7.27. The number of nitrogens with zero attached hydrogens (tertiary/aromatic N) is 2.